The first kappa shape index (κ1) is 19.6. The average molecular weight is 398 g/mol. The van der Waals surface area contributed by atoms with Crippen molar-refractivity contribution in [3.8, 4) is 11.3 Å². The lowest BCUT2D eigenvalue weighted by atomic mass is 9.93. The zero-order valence-electron chi connectivity index (χ0n) is 13.8. The lowest BCUT2D eigenvalue weighted by Gasteiger charge is -2.18. The lowest BCUT2D eigenvalue weighted by Crippen LogP contribution is -2.20. The number of nitrogens with zero attached hydrogens (tertiary/aromatic N) is 2. The first-order chi connectivity index (χ1) is 13.0. The summed E-state index contributed by atoms with van der Waals surface area (Å²) in [6.45, 7) is 0. The molecule has 0 saturated carbocycles. The highest BCUT2D eigenvalue weighted by atomic mass is 19.4. The van der Waals surface area contributed by atoms with Crippen molar-refractivity contribution in [2.24, 2.45) is 5.73 Å². The first-order valence-corrected chi connectivity index (χ1v) is 7.66. The van der Waals surface area contributed by atoms with Crippen LogP contribution in [-0.2, 0) is 6.18 Å². The molecule has 2 heterocycles. The number of amides is 1. The molecule has 0 spiro atoms. The number of hydrogen-bond donors (Lipinski definition) is 1. The predicted octanol–water partition coefficient (Wildman–Crippen LogP) is 4.53. The summed E-state index contributed by atoms with van der Waals surface area (Å²) in [7, 11) is 0. The van der Waals surface area contributed by atoms with E-state index in [9.17, 15) is 31.1 Å². The molecule has 1 radical (unpaired) electrons. The summed E-state index contributed by atoms with van der Waals surface area (Å²) < 4.78 is 79.6. The number of rotatable bonds is 3. The molecule has 145 valence electrons. The maximum absolute atomic E-state index is 13.4. The molecule has 0 unspecified atom stereocenters. The number of hydrogen-bond acceptors (Lipinski definition) is 3. The summed E-state index contributed by atoms with van der Waals surface area (Å²) in [6, 6.07) is 5.45. The second-order valence-electron chi connectivity index (χ2n) is 5.74. The molecular formula is C18H10F6N3O. The molecule has 0 aliphatic carbocycles. The molecule has 0 aliphatic rings. The van der Waals surface area contributed by atoms with E-state index in [4.69, 9.17) is 5.73 Å². The van der Waals surface area contributed by atoms with Gasteiger partial charge in [-0.2, -0.15) is 26.3 Å². The van der Waals surface area contributed by atoms with Gasteiger partial charge >= 0.3 is 12.4 Å². The highest BCUT2D eigenvalue weighted by molar-refractivity contribution is 6.09. The summed E-state index contributed by atoms with van der Waals surface area (Å²) in [4.78, 5) is 19.6. The Morgan fingerprint density at radius 2 is 1.75 bits per heavy atom. The van der Waals surface area contributed by atoms with Crippen LogP contribution in [0.25, 0.3) is 22.2 Å². The molecule has 0 fully saturated rings. The quantitative estimate of drug-likeness (QED) is 0.659. The zero-order chi connectivity index (χ0) is 20.7. The summed E-state index contributed by atoms with van der Waals surface area (Å²) in [5, 5.41) is -0.425. The summed E-state index contributed by atoms with van der Waals surface area (Å²) >= 11 is 0. The molecule has 0 aliphatic heterocycles. The van der Waals surface area contributed by atoms with Crippen molar-refractivity contribution in [2.75, 3.05) is 0 Å². The van der Waals surface area contributed by atoms with Crippen LogP contribution in [0.1, 0.15) is 21.5 Å². The van der Waals surface area contributed by atoms with Crippen molar-refractivity contribution in [1.82, 2.24) is 9.97 Å². The van der Waals surface area contributed by atoms with Crippen LogP contribution in [0.4, 0.5) is 26.3 Å². The number of para-hydroxylation sites is 1. The van der Waals surface area contributed by atoms with Crippen molar-refractivity contribution in [3.05, 3.63) is 65.8 Å². The number of alkyl halides is 6. The standard InChI is InChI=1S/C18H10F6N3O/c19-17(20,21)7-11-13(16(25)28)10-4-1-5-12(18(22,23)24)15(10)27-14(11)9-3-2-6-26-8-9/h1-8H,(H2,25,28). The molecule has 0 saturated heterocycles. The average Bonchev–Trinajstić information content (AvgIpc) is 2.58. The third-order valence-electron chi connectivity index (χ3n) is 3.85. The number of pyridine rings is 2. The van der Waals surface area contributed by atoms with Gasteiger partial charge in [-0.05, 0) is 18.2 Å². The van der Waals surface area contributed by atoms with E-state index in [1.54, 1.807) is 0 Å². The van der Waals surface area contributed by atoms with Crippen molar-refractivity contribution in [1.29, 1.82) is 0 Å². The molecule has 1 aromatic carbocycles. The molecule has 28 heavy (non-hydrogen) atoms. The number of carbonyl (C=O) groups is 1. The number of halogens is 6. The summed E-state index contributed by atoms with van der Waals surface area (Å²) in [5.41, 5.74) is 1.47. The van der Waals surface area contributed by atoms with Crippen LogP contribution in [0, 0.1) is 6.42 Å². The molecule has 3 rings (SSSR count). The van der Waals surface area contributed by atoms with E-state index in [2.05, 4.69) is 9.97 Å². The topological polar surface area (TPSA) is 68.9 Å². The van der Waals surface area contributed by atoms with E-state index in [0.717, 1.165) is 24.4 Å². The van der Waals surface area contributed by atoms with Gasteiger partial charge in [0.15, 0.2) is 0 Å². The van der Waals surface area contributed by atoms with E-state index in [1.165, 1.54) is 18.3 Å². The second kappa shape index (κ2) is 6.77. The number of primary amides is 1. The molecule has 0 bridgehead atoms. The Bertz CT molecular complexity index is 1050. The van der Waals surface area contributed by atoms with Crippen molar-refractivity contribution in [3.63, 3.8) is 0 Å². The smallest absolute Gasteiger partial charge is 0.366 e. The summed E-state index contributed by atoms with van der Waals surface area (Å²) in [5.74, 6) is -1.31. The van der Waals surface area contributed by atoms with Crippen LogP contribution >= 0.6 is 0 Å². The molecular weight excluding hydrogens is 388 g/mol. The minimum atomic E-state index is -4.88. The third kappa shape index (κ3) is 3.75. The number of aromatic nitrogens is 2. The van der Waals surface area contributed by atoms with Crippen molar-refractivity contribution < 1.29 is 31.1 Å². The second-order valence-corrected chi connectivity index (χ2v) is 5.74. The van der Waals surface area contributed by atoms with Crippen LogP contribution in [-0.4, -0.2) is 22.1 Å². The minimum absolute atomic E-state index is 0.000576. The monoisotopic (exact) mass is 398 g/mol. The number of benzene rings is 1. The van der Waals surface area contributed by atoms with Gasteiger partial charge in [-0.1, -0.05) is 12.1 Å². The van der Waals surface area contributed by atoms with Gasteiger partial charge in [-0.3, -0.25) is 9.78 Å². The SMILES string of the molecule is NC(=O)c1c([CH]C(F)(F)F)c(-c2cccnc2)nc2c(C(F)(F)F)cccc12. The molecule has 3 aromatic rings. The summed E-state index contributed by atoms with van der Waals surface area (Å²) in [6.07, 6.45) is -7.47. The number of fused-ring (bicyclic) bond motifs is 1. The molecule has 10 heteroatoms. The van der Waals surface area contributed by atoms with Gasteiger partial charge in [0.25, 0.3) is 0 Å². The normalized spacial score (nSPS) is 12.4. The first-order valence-electron chi connectivity index (χ1n) is 7.66. The Balaban J connectivity index is 2.50. The van der Waals surface area contributed by atoms with Gasteiger partial charge in [-0.25, -0.2) is 4.98 Å². The van der Waals surface area contributed by atoms with E-state index >= 15 is 0 Å². The molecule has 4 nitrogen and oxygen atoms in total. The van der Waals surface area contributed by atoms with E-state index in [0.29, 0.717) is 0 Å². The van der Waals surface area contributed by atoms with Crippen molar-refractivity contribution >= 4 is 16.8 Å². The van der Waals surface area contributed by atoms with Crippen LogP contribution in [0.15, 0.2) is 42.7 Å². The van der Waals surface area contributed by atoms with Crippen molar-refractivity contribution in [2.45, 2.75) is 12.4 Å². The molecule has 2 N–H and O–H groups in total. The number of nitrogens with two attached hydrogens (primary N) is 1. The predicted molar refractivity (Wildman–Crippen MR) is 88.0 cm³/mol. The van der Waals surface area contributed by atoms with Crippen LogP contribution in [0.5, 0.6) is 0 Å². The fourth-order valence-electron chi connectivity index (χ4n) is 2.82. The van der Waals surface area contributed by atoms with Gasteiger partial charge in [-0.15, -0.1) is 0 Å². The van der Waals surface area contributed by atoms with Gasteiger partial charge in [0.1, 0.15) is 0 Å². The maximum atomic E-state index is 13.4. The Labute approximate surface area is 154 Å². The van der Waals surface area contributed by atoms with Gasteiger partial charge in [0.2, 0.25) is 5.91 Å². The molecule has 2 aromatic heterocycles. The van der Waals surface area contributed by atoms with Gasteiger partial charge < -0.3 is 5.73 Å². The van der Waals surface area contributed by atoms with Gasteiger partial charge in [0.05, 0.1) is 28.8 Å². The molecule has 0 atom stereocenters. The maximum Gasteiger partial charge on any atom is 0.418 e. The zero-order valence-corrected chi connectivity index (χ0v) is 13.8. The number of carbonyl (C=O) groups excluding carboxylic acids is 1. The highest BCUT2D eigenvalue weighted by Crippen LogP contribution is 2.40. The van der Waals surface area contributed by atoms with E-state index in [1.807, 2.05) is 0 Å². The highest BCUT2D eigenvalue weighted by Gasteiger charge is 2.37. The Kier molecular flexibility index (Phi) is 4.74. The van der Waals surface area contributed by atoms with Crippen LogP contribution < -0.4 is 5.73 Å². The lowest BCUT2D eigenvalue weighted by molar-refractivity contribution is -0.136. The third-order valence-corrected chi connectivity index (χ3v) is 3.85. The fourth-order valence-corrected chi connectivity index (χ4v) is 2.82. The minimum Gasteiger partial charge on any atom is -0.366 e. The largest absolute Gasteiger partial charge is 0.418 e. The van der Waals surface area contributed by atoms with Crippen LogP contribution in [0.3, 0.4) is 0 Å². The van der Waals surface area contributed by atoms with E-state index < -0.39 is 51.5 Å². The van der Waals surface area contributed by atoms with E-state index in [-0.39, 0.29) is 12.0 Å². The Morgan fingerprint density at radius 3 is 2.29 bits per heavy atom. The van der Waals surface area contributed by atoms with Crippen LogP contribution in [0.2, 0.25) is 0 Å². The Morgan fingerprint density at radius 1 is 1.04 bits per heavy atom. The van der Waals surface area contributed by atoms with Gasteiger partial charge in [0, 0.05) is 28.9 Å². The Hall–Kier alpha value is -3.17. The fraction of sp³-hybridized carbons (Fsp3) is 0.111. The molecule has 1 amide bonds.